The van der Waals surface area contributed by atoms with Crippen LogP contribution in [0.1, 0.15) is 18.9 Å². The van der Waals surface area contributed by atoms with Gasteiger partial charge >= 0.3 is 0 Å². The number of benzene rings is 1. The van der Waals surface area contributed by atoms with E-state index >= 15 is 0 Å². The lowest BCUT2D eigenvalue weighted by atomic mass is 10.1. The van der Waals surface area contributed by atoms with Gasteiger partial charge in [-0.3, -0.25) is 4.99 Å². The fourth-order valence-corrected chi connectivity index (χ4v) is 2.98. The number of aliphatic imine (C=N–C) groups is 1. The van der Waals surface area contributed by atoms with Gasteiger partial charge in [0.2, 0.25) is 0 Å². The van der Waals surface area contributed by atoms with Crippen molar-refractivity contribution in [1.82, 2.24) is 10.2 Å². The summed E-state index contributed by atoms with van der Waals surface area (Å²) in [4.78, 5) is 6.77. The van der Waals surface area contributed by atoms with Gasteiger partial charge in [0.15, 0.2) is 5.96 Å². The maximum Gasteiger partial charge on any atom is 0.193 e. The molecule has 1 N–H and O–H groups in total. The first kappa shape index (κ1) is 18.1. The molecule has 2 atom stereocenters. The van der Waals surface area contributed by atoms with E-state index in [-0.39, 0.29) is 0 Å². The van der Waals surface area contributed by atoms with E-state index in [0.717, 1.165) is 32.2 Å². The second-order valence-corrected chi connectivity index (χ2v) is 7.35. The van der Waals surface area contributed by atoms with Crippen LogP contribution < -0.4 is 5.32 Å². The van der Waals surface area contributed by atoms with E-state index in [9.17, 15) is 0 Å². The lowest BCUT2D eigenvalue weighted by molar-refractivity contribution is 0.0907. The lowest BCUT2D eigenvalue weighted by Crippen LogP contribution is -2.42. The van der Waals surface area contributed by atoms with Crippen LogP contribution in [0.4, 0.5) is 0 Å². The minimum atomic E-state index is 0.593. The van der Waals surface area contributed by atoms with Crippen molar-refractivity contribution in [2.24, 2.45) is 10.9 Å². The summed E-state index contributed by atoms with van der Waals surface area (Å²) in [5, 5.41) is 4.08. The minimum absolute atomic E-state index is 0.593. The number of likely N-dealkylation sites (tertiary alicyclic amines) is 1. The quantitative estimate of drug-likeness (QED) is 0.614. The highest BCUT2D eigenvalue weighted by Crippen LogP contribution is 2.17. The Hall–Kier alpha value is -1.20. The summed E-state index contributed by atoms with van der Waals surface area (Å²) in [5.74, 6) is 1.62. The Labute approximate surface area is 144 Å². The van der Waals surface area contributed by atoms with E-state index in [0.29, 0.717) is 17.8 Å². The highest BCUT2D eigenvalue weighted by Gasteiger charge is 2.25. The molecule has 1 aliphatic rings. The predicted octanol–water partition coefficient (Wildman–Crippen LogP) is 2.85. The van der Waals surface area contributed by atoms with Crippen LogP contribution in [0.15, 0.2) is 35.3 Å². The molecule has 2 unspecified atom stereocenters. The van der Waals surface area contributed by atoms with E-state index < -0.39 is 0 Å². The summed E-state index contributed by atoms with van der Waals surface area (Å²) < 4.78 is 5.89. The lowest BCUT2D eigenvalue weighted by Gasteiger charge is -2.23. The van der Waals surface area contributed by atoms with Crippen molar-refractivity contribution >= 4 is 17.7 Å². The second kappa shape index (κ2) is 9.83. The maximum atomic E-state index is 5.89. The summed E-state index contributed by atoms with van der Waals surface area (Å²) in [7, 11) is 1.87. The Morgan fingerprint density at radius 1 is 1.43 bits per heavy atom. The average Bonchev–Trinajstić information content (AvgIpc) is 3.05. The molecule has 1 heterocycles. The molecule has 1 aromatic rings. The number of guanidine groups is 1. The van der Waals surface area contributed by atoms with Crippen LogP contribution in [-0.4, -0.2) is 55.7 Å². The van der Waals surface area contributed by atoms with Crippen molar-refractivity contribution in [3.8, 4) is 0 Å². The Kier molecular flexibility index (Phi) is 7.76. The zero-order valence-corrected chi connectivity index (χ0v) is 15.3. The van der Waals surface area contributed by atoms with Crippen LogP contribution in [-0.2, 0) is 11.3 Å². The van der Waals surface area contributed by atoms with Crippen molar-refractivity contribution in [2.75, 3.05) is 39.5 Å². The zero-order chi connectivity index (χ0) is 16.5. The van der Waals surface area contributed by atoms with Gasteiger partial charge in [-0.2, -0.15) is 11.8 Å². The summed E-state index contributed by atoms with van der Waals surface area (Å²) in [6.45, 7) is 6.81. The molecule has 0 radical (unpaired) electrons. The molecule has 23 heavy (non-hydrogen) atoms. The maximum absolute atomic E-state index is 5.89. The number of rotatable bonds is 7. The SMILES string of the molecule is CN=C(NCC(C)SC)N1CCC(COCc2ccccc2)C1. The highest BCUT2D eigenvalue weighted by molar-refractivity contribution is 7.99. The van der Waals surface area contributed by atoms with Gasteiger partial charge < -0.3 is 15.0 Å². The molecule has 1 aliphatic heterocycles. The number of thioether (sulfide) groups is 1. The van der Waals surface area contributed by atoms with Gasteiger partial charge in [-0.1, -0.05) is 37.3 Å². The molecule has 1 aromatic carbocycles. The van der Waals surface area contributed by atoms with E-state index in [4.69, 9.17) is 4.74 Å². The molecular formula is C18H29N3OS. The molecule has 5 heteroatoms. The highest BCUT2D eigenvalue weighted by atomic mass is 32.2. The summed E-state index contributed by atoms with van der Waals surface area (Å²) in [6, 6.07) is 10.4. The number of hydrogen-bond donors (Lipinski definition) is 1. The Bertz CT molecular complexity index is 480. The van der Waals surface area contributed by atoms with Crippen molar-refractivity contribution < 1.29 is 4.74 Å². The molecule has 0 saturated carbocycles. The van der Waals surface area contributed by atoms with E-state index in [2.05, 4.69) is 52.7 Å². The first-order valence-electron chi connectivity index (χ1n) is 8.33. The van der Waals surface area contributed by atoms with E-state index in [1.54, 1.807) is 0 Å². The minimum Gasteiger partial charge on any atom is -0.376 e. The normalized spacial score (nSPS) is 19.9. The largest absolute Gasteiger partial charge is 0.376 e. The van der Waals surface area contributed by atoms with Gasteiger partial charge in [0.1, 0.15) is 0 Å². The number of ether oxygens (including phenoxy) is 1. The monoisotopic (exact) mass is 335 g/mol. The zero-order valence-electron chi connectivity index (χ0n) is 14.5. The molecule has 1 saturated heterocycles. The fraction of sp³-hybridized carbons (Fsp3) is 0.611. The molecule has 128 valence electrons. The standard InChI is InChI=1S/C18H29N3OS/c1-15(23-3)11-20-18(19-2)21-10-9-17(12-21)14-22-13-16-7-5-4-6-8-16/h4-8,15,17H,9-14H2,1-3H3,(H,19,20). The van der Waals surface area contributed by atoms with Crippen molar-refractivity contribution in [2.45, 2.75) is 25.2 Å². The molecule has 0 aromatic heterocycles. The third-order valence-corrected chi connectivity index (χ3v) is 5.18. The third kappa shape index (κ3) is 6.07. The molecule has 0 bridgehead atoms. The Morgan fingerprint density at radius 3 is 2.91 bits per heavy atom. The van der Waals surface area contributed by atoms with E-state index in [1.807, 2.05) is 24.9 Å². The molecule has 0 amide bonds. The molecule has 0 aliphatic carbocycles. The van der Waals surface area contributed by atoms with Crippen molar-refractivity contribution in [3.05, 3.63) is 35.9 Å². The van der Waals surface area contributed by atoms with Crippen molar-refractivity contribution in [3.63, 3.8) is 0 Å². The smallest absolute Gasteiger partial charge is 0.193 e. The first-order valence-corrected chi connectivity index (χ1v) is 9.61. The third-order valence-electron chi connectivity index (χ3n) is 4.21. The van der Waals surface area contributed by atoms with Crippen LogP contribution in [0.25, 0.3) is 0 Å². The van der Waals surface area contributed by atoms with E-state index in [1.165, 1.54) is 12.0 Å². The molecular weight excluding hydrogens is 306 g/mol. The number of nitrogens with one attached hydrogen (secondary N) is 1. The summed E-state index contributed by atoms with van der Waals surface area (Å²) in [5.41, 5.74) is 1.24. The second-order valence-electron chi connectivity index (χ2n) is 6.08. The van der Waals surface area contributed by atoms with Gasteiger partial charge in [0.25, 0.3) is 0 Å². The Morgan fingerprint density at radius 2 is 2.22 bits per heavy atom. The van der Waals surface area contributed by atoms with Crippen LogP contribution in [0.5, 0.6) is 0 Å². The van der Waals surface area contributed by atoms with Gasteiger partial charge in [-0.25, -0.2) is 0 Å². The van der Waals surface area contributed by atoms with Crippen LogP contribution >= 0.6 is 11.8 Å². The Balaban J connectivity index is 1.70. The summed E-state index contributed by atoms with van der Waals surface area (Å²) in [6.07, 6.45) is 3.32. The number of nitrogens with zero attached hydrogens (tertiary/aromatic N) is 2. The average molecular weight is 336 g/mol. The van der Waals surface area contributed by atoms with Gasteiger partial charge in [0, 0.05) is 37.8 Å². The van der Waals surface area contributed by atoms with Crippen molar-refractivity contribution in [1.29, 1.82) is 0 Å². The van der Waals surface area contributed by atoms with Crippen LogP contribution in [0, 0.1) is 5.92 Å². The predicted molar refractivity (Wildman–Crippen MR) is 100 cm³/mol. The van der Waals surface area contributed by atoms with Gasteiger partial charge in [-0.05, 0) is 18.2 Å². The molecule has 2 rings (SSSR count). The molecule has 1 fully saturated rings. The number of hydrogen-bond acceptors (Lipinski definition) is 3. The fourth-order valence-electron chi connectivity index (χ4n) is 2.73. The first-order chi connectivity index (χ1) is 11.2. The molecule has 0 spiro atoms. The van der Waals surface area contributed by atoms with Crippen LogP contribution in [0.3, 0.4) is 0 Å². The molecule has 4 nitrogen and oxygen atoms in total. The summed E-state index contributed by atoms with van der Waals surface area (Å²) >= 11 is 1.87. The van der Waals surface area contributed by atoms with Gasteiger partial charge in [0.05, 0.1) is 13.2 Å². The van der Waals surface area contributed by atoms with Crippen LogP contribution in [0.2, 0.25) is 0 Å². The topological polar surface area (TPSA) is 36.9 Å². The van der Waals surface area contributed by atoms with Gasteiger partial charge in [-0.15, -0.1) is 0 Å².